The van der Waals surface area contributed by atoms with Gasteiger partial charge in [-0.15, -0.1) is 0 Å². The predicted molar refractivity (Wildman–Crippen MR) is 140 cm³/mol. The Morgan fingerprint density at radius 3 is 2.51 bits per heavy atom. The molecule has 2 unspecified atom stereocenters. The Labute approximate surface area is 217 Å². The highest BCUT2D eigenvalue weighted by atomic mass is 16.6. The number of rotatable bonds is 7. The molecule has 0 bridgehead atoms. The van der Waals surface area contributed by atoms with Gasteiger partial charge in [-0.3, -0.25) is 9.59 Å². The first-order valence-electron chi connectivity index (χ1n) is 13.0. The first kappa shape index (κ1) is 25.4. The minimum absolute atomic E-state index is 0.0427. The van der Waals surface area contributed by atoms with Gasteiger partial charge < -0.3 is 28.9 Å². The van der Waals surface area contributed by atoms with E-state index in [0.29, 0.717) is 51.3 Å². The number of aromatic nitrogens is 1. The summed E-state index contributed by atoms with van der Waals surface area (Å²) in [4.78, 5) is 31.8. The lowest BCUT2D eigenvalue weighted by atomic mass is 9.78. The minimum Gasteiger partial charge on any atom is -0.383 e. The average molecular weight is 506 g/mol. The highest BCUT2D eigenvalue weighted by Crippen LogP contribution is 2.46. The van der Waals surface area contributed by atoms with Gasteiger partial charge in [-0.05, 0) is 24.6 Å². The molecule has 37 heavy (non-hydrogen) atoms. The smallest absolute Gasteiger partial charge is 0.254 e. The molecule has 2 aromatic carbocycles. The van der Waals surface area contributed by atoms with E-state index in [1.165, 1.54) is 0 Å². The molecule has 8 heteroatoms. The molecule has 1 saturated heterocycles. The number of carbonyl (C=O) groups excluding carboxylic acids is 2. The first-order valence-corrected chi connectivity index (χ1v) is 13.0. The number of amides is 2. The summed E-state index contributed by atoms with van der Waals surface area (Å²) in [7, 11) is 3.60. The fourth-order valence-electron chi connectivity index (χ4n) is 5.93. The zero-order valence-electron chi connectivity index (χ0n) is 21.7. The highest BCUT2D eigenvalue weighted by Gasteiger charge is 2.47. The zero-order chi connectivity index (χ0) is 26.2. The monoisotopic (exact) mass is 505 g/mol. The minimum atomic E-state index is -1.20. The summed E-state index contributed by atoms with van der Waals surface area (Å²) in [5, 5.41) is 11.8. The molecule has 1 N–H and O–H groups in total. The molecule has 1 aromatic heterocycles. The van der Waals surface area contributed by atoms with Gasteiger partial charge in [0.1, 0.15) is 0 Å². The van der Waals surface area contributed by atoms with E-state index >= 15 is 0 Å². The topological polar surface area (TPSA) is 84.2 Å². The van der Waals surface area contributed by atoms with Crippen LogP contribution in [0.25, 0.3) is 10.9 Å². The van der Waals surface area contributed by atoms with Crippen LogP contribution in [0.3, 0.4) is 0 Å². The molecule has 0 spiro atoms. The van der Waals surface area contributed by atoms with Gasteiger partial charge in [0.25, 0.3) is 5.91 Å². The van der Waals surface area contributed by atoms with Crippen molar-refractivity contribution in [2.45, 2.75) is 37.5 Å². The van der Waals surface area contributed by atoms with Gasteiger partial charge in [0.05, 0.1) is 18.6 Å². The lowest BCUT2D eigenvalue weighted by Crippen LogP contribution is -2.53. The molecular formula is C29H35N3O5. The van der Waals surface area contributed by atoms with Gasteiger partial charge in [-0.1, -0.05) is 36.4 Å². The third-order valence-electron chi connectivity index (χ3n) is 7.76. The van der Waals surface area contributed by atoms with Crippen LogP contribution >= 0.6 is 0 Å². The predicted octanol–water partition coefficient (Wildman–Crippen LogP) is 3.45. The molecule has 0 saturated carbocycles. The van der Waals surface area contributed by atoms with Gasteiger partial charge in [-0.2, -0.15) is 0 Å². The first-order chi connectivity index (χ1) is 17.9. The van der Waals surface area contributed by atoms with Crippen LogP contribution in [-0.2, 0) is 21.3 Å². The molecule has 8 nitrogen and oxygen atoms in total. The highest BCUT2D eigenvalue weighted by molar-refractivity contribution is 6.02. The van der Waals surface area contributed by atoms with Crippen LogP contribution in [0, 0.1) is 0 Å². The summed E-state index contributed by atoms with van der Waals surface area (Å²) in [5.41, 5.74) is 3.28. The molecule has 196 valence electrons. The quantitative estimate of drug-likeness (QED) is 0.498. The second-order valence-corrected chi connectivity index (χ2v) is 9.92. The van der Waals surface area contributed by atoms with Gasteiger partial charge in [-0.25, -0.2) is 0 Å². The van der Waals surface area contributed by atoms with Gasteiger partial charge >= 0.3 is 0 Å². The van der Waals surface area contributed by atoms with Crippen LogP contribution in [0.15, 0.2) is 54.7 Å². The Bertz CT molecular complexity index is 1290. The van der Waals surface area contributed by atoms with Crippen LogP contribution in [-0.4, -0.2) is 77.0 Å². The number of aryl methyl sites for hydroxylation is 1. The number of nitrogens with zero attached hydrogens (tertiary/aromatic N) is 3. The van der Waals surface area contributed by atoms with Crippen LogP contribution in [0.2, 0.25) is 0 Å². The number of ether oxygens (including phenoxy) is 2. The molecule has 0 aliphatic carbocycles. The average Bonchev–Trinajstić information content (AvgIpc) is 3.24. The molecule has 2 atom stereocenters. The lowest BCUT2D eigenvalue weighted by molar-refractivity contribution is -0.223. The number of hydrogen-bond acceptors (Lipinski definition) is 5. The van der Waals surface area contributed by atoms with E-state index in [4.69, 9.17) is 9.47 Å². The van der Waals surface area contributed by atoms with Gasteiger partial charge in [0.15, 0.2) is 5.79 Å². The van der Waals surface area contributed by atoms with Gasteiger partial charge in [0, 0.05) is 81.5 Å². The zero-order valence-corrected chi connectivity index (χ0v) is 21.7. The standard InChI is InChI=1S/C29H35N3O5/c1-4-37-29(35)13-15-31(16-14-29)28(34)25-21-10-5-6-11-22(21)27(33)32(17-18-36-3)26(25)23-19-30(2)24-12-8-7-9-20(23)24/h5-12,19,25-26,35H,4,13-18H2,1-3H3. The summed E-state index contributed by atoms with van der Waals surface area (Å²) >= 11 is 0. The molecule has 0 radical (unpaired) electrons. The summed E-state index contributed by atoms with van der Waals surface area (Å²) in [6, 6.07) is 15.0. The summed E-state index contributed by atoms with van der Waals surface area (Å²) in [6.45, 7) is 3.78. The number of hydrogen-bond donors (Lipinski definition) is 1. The number of fused-ring (bicyclic) bond motifs is 2. The van der Waals surface area contributed by atoms with Crippen molar-refractivity contribution >= 4 is 22.7 Å². The molecule has 3 aromatic rings. The number of carbonyl (C=O) groups is 2. The van der Waals surface area contributed by atoms with E-state index in [2.05, 4.69) is 10.6 Å². The van der Waals surface area contributed by atoms with Crippen LogP contribution < -0.4 is 0 Å². The molecule has 1 fully saturated rings. The number of aliphatic hydroxyl groups is 1. The molecule has 2 amide bonds. The van der Waals surface area contributed by atoms with Crippen molar-refractivity contribution in [1.82, 2.24) is 14.4 Å². The summed E-state index contributed by atoms with van der Waals surface area (Å²) in [5.74, 6) is -1.93. The molecule has 2 aliphatic rings. The lowest BCUT2D eigenvalue weighted by Gasteiger charge is -2.45. The van der Waals surface area contributed by atoms with Crippen LogP contribution in [0.5, 0.6) is 0 Å². The number of piperidine rings is 1. The van der Waals surface area contributed by atoms with Crippen molar-refractivity contribution in [3.05, 3.63) is 71.4 Å². The fourth-order valence-corrected chi connectivity index (χ4v) is 5.93. The molecule has 2 aliphatic heterocycles. The molecule has 5 rings (SSSR count). The van der Waals surface area contributed by atoms with E-state index in [-0.39, 0.29) is 11.8 Å². The number of likely N-dealkylation sites (tertiary alicyclic amines) is 1. The maximum absolute atomic E-state index is 14.4. The summed E-state index contributed by atoms with van der Waals surface area (Å²) < 4.78 is 13.0. The van der Waals surface area contributed by atoms with E-state index in [9.17, 15) is 14.7 Å². The van der Waals surface area contributed by atoms with Gasteiger partial charge in [0.2, 0.25) is 5.91 Å². The third-order valence-corrected chi connectivity index (χ3v) is 7.76. The second-order valence-electron chi connectivity index (χ2n) is 9.92. The van der Waals surface area contributed by atoms with Crippen molar-refractivity contribution in [2.24, 2.45) is 7.05 Å². The van der Waals surface area contributed by atoms with E-state index in [1.54, 1.807) is 18.1 Å². The largest absolute Gasteiger partial charge is 0.383 e. The number of methoxy groups -OCH3 is 1. The van der Waals surface area contributed by atoms with Crippen molar-refractivity contribution < 1.29 is 24.2 Å². The molecular weight excluding hydrogens is 470 g/mol. The van der Waals surface area contributed by atoms with E-state index < -0.39 is 17.7 Å². The maximum Gasteiger partial charge on any atom is 0.254 e. The second kappa shape index (κ2) is 10.3. The molecule has 3 heterocycles. The SMILES string of the molecule is CCOC1(O)CCN(C(=O)C2c3ccccc3C(=O)N(CCOC)C2c2cn(C)c3ccccc23)CC1. The fraction of sp³-hybridized carbons (Fsp3) is 0.448. The van der Waals surface area contributed by atoms with Crippen molar-refractivity contribution in [1.29, 1.82) is 0 Å². The maximum atomic E-state index is 14.4. The van der Waals surface area contributed by atoms with E-state index in [0.717, 1.165) is 22.0 Å². The Morgan fingerprint density at radius 1 is 1.08 bits per heavy atom. The van der Waals surface area contributed by atoms with E-state index in [1.807, 2.05) is 61.5 Å². The summed E-state index contributed by atoms with van der Waals surface area (Å²) in [6.07, 6.45) is 2.75. The van der Waals surface area contributed by atoms with Crippen molar-refractivity contribution in [2.75, 3.05) is 40.0 Å². The Morgan fingerprint density at radius 2 is 1.78 bits per heavy atom. The Hall–Kier alpha value is -3.20. The Balaban J connectivity index is 1.62. The number of benzene rings is 2. The van der Waals surface area contributed by atoms with Crippen LogP contribution in [0.1, 0.15) is 53.2 Å². The normalized spacial score (nSPS) is 21.4. The van der Waals surface area contributed by atoms with Crippen molar-refractivity contribution in [3.63, 3.8) is 0 Å². The Kier molecular flexibility index (Phi) is 7.07. The number of para-hydroxylation sites is 1. The third kappa shape index (κ3) is 4.54. The van der Waals surface area contributed by atoms with Crippen molar-refractivity contribution in [3.8, 4) is 0 Å². The van der Waals surface area contributed by atoms with Crippen LogP contribution in [0.4, 0.5) is 0 Å².